The van der Waals surface area contributed by atoms with Gasteiger partial charge in [-0.3, -0.25) is 4.79 Å². The molecule has 1 aromatic carbocycles. The molecule has 0 radical (unpaired) electrons. The first-order valence-electron chi connectivity index (χ1n) is 8.17. The topological polar surface area (TPSA) is 38.1 Å². The van der Waals surface area contributed by atoms with Crippen molar-refractivity contribution in [1.82, 2.24) is 14.5 Å². The van der Waals surface area contributed by atoms with E-state index in [1.54, 1.807) is 0 Å². The predicted molar refractivity (Wildman–Crippen MR) is 88.8 cm³/mol. The number of amides is 1. The van der Waals surface area contributed by atoms with Crippen LogP contribution in [0.5, 0.6) is 0 Å². The number of rotatable bonds is 3. The number of carbonyl (C=O) groups excluding carboxylic acids is 1. The fourth-order valence-corrected chi connectivity index (χ4v) is 3.39. The molecule has 22 heavy (non-hydrogen) atoms. The molecule has 2 heterocycles. The number of carbonyl (C=O) groups is 1. The Morgan fingerprint density at radius 3 is 2.64 bits per heavy atom. The van der Waals surface area contributed by atoms with Gasteiger partial charge in [0.2, 0.25) is 5.91 Å². The van der Waals surface area contributed by atoms with Crippen molar-refractivity contribution >= 4 is 16.9 Å². The van der Waals surface area contributed by atoms with E-state index in [4.69, 9.17) is 4.98 Å². The van der Waals surface area contributed by atoms with Crippen LogP contribution in [0.1, 0.15) is 52.3 Å². The molecule has 1 amide bonds. The number of para-hydroxylation sites is 2. The van der Waals surface area contributed by atoms with Crippen LogP contribution in [0.25, 0.3) is 11.0 Å². The van der Waals surface area contributed by atoms with E-state index in [0.29, 0.717) is 6.42 Å². The number of imidazole rings is 1. The van der Waals surface area contributed by atoms with Crippen molar-refractivity contribution in [3.05, 3.63) is 30.1 Å². The number of fused-ring (bicyclic) bond motifs is 1. The summed E-state index contributed by atoms with van der Waals surface area (Å²) in [6, 6.07) is 8.26. The van der Waals surface area contributed by atoms with Gasteiger partial charge < -0.3 is 9.47 Å². The number of hydrogen-bond donors (Lipinski definition) is 0. The predicted octanol–water partition coefficient (Wildman–Crippen LogP) is 3.56. The third-order valence-corrected chi connectivity index (χ3v) is 4.43. The number of aromatic nitrogens is 2. The zero-order valence-corrected chi connectivity index (χ0v) is 14.0. The second-order valence-electron chi connectivity index (χ2n) is 7.19. The largest absolute Gasteiger partial charge is 0.337 e. The molecule has 1 aliphatic rings. The van der Waals surface area contributed by atoms with Crippen LogP contribution in [0.3, 0.4) is 0 Å². The van der Waals surface area contributed by atoms with Crippen LogP contribution in [-0.4, -0.2) is 32.4 Å². The molecule has 4 heteroatoms. The summed E-state index contributed by atoms with van der Waals surface area (Å²) < 4.78 is 2.30. The fraction of sp³-hybridized carbons (Fsp3) is 0.556. The molecule has 0 bridgehead atoms. The van der Waals surface area contributed by atoms with Crippen LogP contribution < -0.4 is 0 Å². The van der Waals surface area contributed by atoms with E-state index in [-0.39, 0.29) is 17.4 Å². The highest BCUT2D eigenvalue weighted by molar-refractivity contribution is 5.81. The Morgan fingerprint density at radius 1 is 1.27 bits per heavy atom. The lowest BCUT2D eigenvalue weighted by molar-refractivity contribution is -0.131. The number of likely N-dealkylation sites (tertiary alicyclic amines) is 1. The highest BCUT2D eigenvalue weighted by Gasteiger charge is 2.38. The van der Waals surface area contributed by atoms with Crippen molar-refractivity contribution in [3.63, 3.8) is 0 Å². The Hall–Kier alpha value is -1.84. The zero-order chi connectivity index (χ0) is 15.9. The van der Waals surface area contributed by atoms with Crippen LogP contribution in [0.15, 0.2) is 24.3 Å². The summed E-state index contributed by atoms with van der Waals surface area (Å²) in [5.41, 5.74) is 2.10. The summed E-state index contributed by atoms with van der Waals surface area (Å²) in [6.45, 7) is 10.2. The molecule has 1 saturated heterocycles. The van der Waals surface area contributed by atoms with E-state index >= 15 is 0 Å². The average Bonchev–Trinajstić information content (AvgIpc) is 3.00. The van der Waals surface area contributed by atoms with Crippen LogP contribution >= 0.6 is 0 Å². The lowest BCUT2D eigenvalue weighted by atomic mass is 10.1. The first-order chi connectivity index (χ1) is 10.4. The molecule has 1 aliphatic heterocycles. The van der Waals surface area contributed by atoms with E-state index in [9.17, 15) is 4.79 Å². The first kappa shape index (κ1) is 15.1. The van der Waals surface area contributed by atoms with Crippen molar-refractivity contribution in [2.75, 3.05) is 6.54 Å². The van der Waals surface area contributed by atoms with E-state index in [2.05, 4.69) is 50.5 Å². The standard InChI is InChI=1S/C18H25N3O/c1-5-10-20-15-9-7-6-8-14(15)19-17(20)13-11-16(22)21(12-13)18(2,3)4/h6-9,13H,5,10-12H2,1-4H3/t13-/m0/s1. The van der Waals surface area contributed by atoms with Gasteiger partial charge in [0.15, 0.2) is 0 Å². The van der Waals surface area contributed by atoms with Crippen molar-refractivity contribution in [2.24, 2.45) is 0 Å². The Kier molecular flexibility index (Phi) is 3.71. The normalized spacial score (nSPS) is 19.4. The third kappa shape index (κ3) is 2.51. The Labute approximate surface area is 132 Å². The van der Waals surface area contributed by atoms with Crippen LogP contribution in [0, 0.1) is 0 Å². The lowest BCUT2D eigenvalue weighted by Gasteiger charge is -2.32. The van der Waals surface area contributed by atoms with Gasteiger partial charge in [0.25, 0.3) is 0 Å². The van der Waals surface area contributed by atoms with Gasteiger partial charge in [0.1, 0.15) is 5.82 Å². The smallest absolute Gasteiger partial charge is 0.223 e. The molecule has 1 fully saturated rings. The Bertz CT molecular complexity index is 696. The van der Waals surface area contributed by atoms with Crippen LogP contribution in [-0.2, 0) is 11.3 Å². The molecule has 0 unspecified atom stereocenters. The second-order valence-corrected chi connectivity index (χ2v) is 7.19. The monoisotopic (exact) mass is 299 g/mol. The number of nitrogens with zero attached hydrogens (tertiary/aromatic N) is 3. The van der Waals surface area contributed by atoms with Gasteiger partial charge in [-0.05, 0) is 39.3 Å². The highest BCUT2D eigenvalue weighted by Crippen LogP contribution is 2.33. The van der Waals surface area contributed by atoms with Crippen molar-refractivity contribution in [3.8, 4) is 0 Å². The minimum Gasteiger partial charge on any atom is -0.337 e. The summed E-state index contributed by atoms with van der Waals surface area (Å²) in [5, 5.41) is 0. The summed E-state index contributed by atoms with van der Waals surface area (Å²) in [7, 11) is 0. The second kappa shape index (κ2) is 5.41. The van der Waals surface area contributed by atoms with Crippen LogP contribution in [0.2, 0.25) is 0 Å². The molecule has 3 rings (SSSR count). The maximum absolute atomic E-state index is 12.4. The molecule has 118 valence electrons. The first-order valence-corrected chi connectivity index (χ1v) is 8.17. The average molecular weight is 299 g/mol. The molecule has 0 aliphatic carbocycles. The van der Waals surface area contributed by atoms with Crippen molar-refractivity contribution in [2.45, 2.75) is 58.5 Å². The number of aryl methyl sites for hydroxylation is 1. The van der Waals surface area contributed by atoms with Gasteiger partial charge in [-0.1, -0.05) is 19.1 Å². The molecule has 0 saturated carbocycles. The van der Waals surface area contributed by atoms with E-state index < -0.39 is 0 Å². The third-order valence-electron chi connectivity index (χ3n) is 4.43. The van der Waals surface area contributed by atoms with Gasteiger partial charge in [-0.2, -0.15) is 0 Å². The molecular weight excluding hydrogens is 274 g/mol. The molecule has 0 N–H and O–H groups in total. The minimum atomic E-state index is -0.118. The van der Waals surface area contributed by atoms with E-state index in [1.165, 1.54) is 5.52 Å². The highest BCUT2D eigenvalue weighted by atomic mass is 16.2. The fourth-order valence-electron chi connectivity index (χ4n) is 3.39. The molecule has 2 aromatic rings. The summed E-state index contributed by atoms with van der Waals surface area (Å²) in [5.74, 6) is 1.52. The summed E-state index contributed by atoms with van der Waals surface area (Å²) >= 11 is 0. The summed E-state index contributed by atoms with van der Waals surface area (Å²) in [6.07, 6.45) is 1.64. The van der Waals surface area contributed by atoms with Crippen molar-refractivity contribution in [1.29, 1.82) is 0 Å². The molecule has 4 nitrogen and oxygen atoms in total. The Balaban J connectivity index is 2.00. The molecule has 0 spiro atoms. The number of benzene rings is 1. The maximum atomic E-state index is 12.4. The van der Waals surface area contributed by atoms with Gasteiger partial charge >= 0.3 is 0 Å². The van der Waals surface area contributed by atoms with Gasteiger partial charge in [-0.15, -0.1) is 0 Å². The van der Waals surface area contributed by atoms with Gasteiger partial charge in [-0.25, -0.2) is 4.98 Å². The van der Waals surface area contributed by atoms with Crippen molar-refractivity contribution < 1.29 is 4.79 Å². The quantitative estimate of drug-likeness (QED) is 0.869. The molecule has 1 aromatic heterocycles. The van der Waals surface area contributed by atoms with E-state index in [0.717, 1.165) is 30.9 Å². The van der Waals surface area contributed by atoms with Gasteiger partial charge in [0, 0.05) is 31.0 Å². The SMILES string of the molecule is CCCn1c([C@H]2CC(=O)N(C(C)(C)C)C2)nc2ccccc21. The van der Waals surface area contributed by atoms with Gasteiger partial charge in [0.05, 0.1) is 11.0 Å². The Morgan fingerprint density at radius 2 is 2.00 bits per heavy atom. The summed E-state index contributed by atoms with van der Waals surface area (Å²) in [4.78, 5) is 19.2. The lowest BCUT2D eigenvalue weighted by Crippen LogP contribution is -2.42. The van der Waals surface area contributed by atoms with E-state index in [1.807, 2.05) is 11.0 Å². The molecule has 1 atom stereocenters. The van der Waals surface area contributed by atoms with Crippen LogP contribution in [0.4, 0.5) is 0 Å². The maximum Gasteiger partial charge on any atom is 0.223 e. The number of hydrogen-bond acceptors (Lipinski definition) is 2. The minimum absolute atomic E-state index is 0.118. The zero-order valence-electron chi connectivity index (χ0n) is 14.0. The molecular formula is C18H25N3O.